The van der Waals surface area contributed by atoms with Crippen LogP contribution in [0, 0.1) is 5.92 Å². The average Bonchev–Trinajstić information content (AvgIpc) is 2.83. The molecule has 19 heavy (non-hydrogen) atoms. The third kappa shape index (κ3) is 2.52. The lowest BCUT2D eigenvalue weighted by atomic mass is 9.91. The topological polar surface area (TPSA) is 44.1 Å². The number of Topliss-reactive ketones (excluding diaryl/α,β-unsaturated/α-hetero) is 1. The Morgan fingerprint density at radius 1 is 1.47 bits per heavy atom. The van der Waals surface area contributed by atoms with E-state index in [9.17, 15) is 4.79 Å². The molecule has 98 valence electrons. The Hall–Kier alpha value is -2.10. The van der Waals surface area contributed by atoms with Gasteiger partial charge in [-0.2, -0.15) is 5.10 Å². The van der Waals surface area contributed by atoms with Gasteiger partial charge in [0.05, 0.1) is 18.7 Å². The maximum atomic E-state index is 12.3. The van der Waals surface area contributed by atoms with Crippen molar-refractivity contribution in [2.45, 2.75) is 12.8 Å². The summed E-state index contributed by atoms with van der Waals surface area (Å²) in [5.41, 5.74) is 2.09. The zero-order valence-corrected chi connectivity index (χ0v) is 10.9. The summed E-state index contributed by atoms with van der Waals surface area (Å²) in [5.74, 6) is 1.09. The fourth-order valence-corrected chi connectivity index (χ4v) is 2.44. The highest BCUT2D eigenvalue weighted by Crippen LogP contribution is 2.27. The Bertz CT molecular complexity index is 604. The number of carbonyl (C=O) groups excluding carboxylic acids is 1. The number of ether oxygens (including phenoxy) is 1. The molecule has 0 saturated carbocycles. The molecule has 1 atom stereocenters. The van der Waals surface area contributed by atoms with Crippen molar-refractivity contribution in [2.24, 2.45) is 13.0 Å². The van der Waals surface area contributed by atoms with Crippen LogP contribution in [0.1, 0.15) is 11.1 Å². The van der Waals surface area contributed by atoms with Crippen LogP contribution in [0.25, 0.3) is 0 Å². The minimum atomic E-state index is -0.0462. The third-order valence-corrected chi connectivity index (χ3v) is 3.47. The lowest BCUT2D eigenvalue weighted by molar-refractivity contribution is -0.123. The highest BCUT2D eigenvalue weighted by molar-refractivity contribution is 5.84. The minimum Gasteiger partial charge on any atom is -0.493 e. The van der Waals surface area contributed by atoms with Gasteiger partial charge in [0.25, 0.3) is 0 Å². The van der Waals surface area contributed by atoms with Gasteiger partial charge in [-0.05, 0) is 23.6 Å². The smallest absolute Gasteiger partial charge is 0.144 e. The summed E-state index contributed by atoms with van der Waals surface area (Å²) in [4.78, 5) is 12.3. The first-order chi connectivity index (χ1) is 9.22. The van der Waals surface area contributed by atoms with Gasteiger partial charge in [0.15, 0.2) is 0 Å². The number of benzene rings is 1. The normalized spacial score (nSPS) is 17.6. The summed E-state index contributed by atoms with van der Waals surface area (Å²) in [6.07, 6.45) is 4.84. The van der Waals surface area contributed by atoms with Crippen LogP contribution in [0.4, 0.5) is 0 Å². The Morgan fingerprint density at radius 3 is 3.11 bits per heavy atom. The summed E-state index contributed by atoms with van der Waals surface area (Å²) in [7, 11) is 1.86. The Kier molecular flexibility index (Phi) is 3.07. The predicted molar refractivity (Wildman–Crippen MR) is 71.1 cm³/mol. The fraction of sp³-hybridized carbons (Fsp3) is 0.333. The summed E-state index contributed by atoms with van der Waals surface area (Å²) in [6, 6.07) is 7.92. The molecule has 0 N–H and O–H groups in total. The molecule has 1 aromatic heterocycles. The zero-order valence-electron chi connectivity index (χ0n) is 10.9. The maximum absolute atomic E-state index is 12.3. The van der Waals surface area contributed by atoms with E-state index in [-0.39, 0.29) is 11.7 Å². The molecule has 2 aromatic rings. The second-order valence-electron chi connectivity index (χ2n) is 4.99. The Morgan fingerprint density at radius 2 is 2.32 bits per heavy atom. The van der Waals surface area contributed by atoms with Gasteiger partial charge in [-0.25, -0.2) is 0 Å². The molecule has 1 aliphatic rings. The zero-order chi connectivity index (χ0) is 13.2. The SMILES string of the molecule is Cn1cc(CC(=O)C2COc3ccccc3C2)cn1. The molecule has 4 nitrogen and oxygen atoms in total. The van der Waals surface area contributed by atoms with E-state index in [4.69, 9.17) is 4.74 Å². The molecule has 2 heterocycles. The van der Waals surface area contributed by atoms with Crippen molar-refractivity contribution in [1.29, 1.82) is 0 Å². The Balaban J connectivity index is 1.69. The number of carbonyl (C=O) groups is 1. The van der Waals surface area contributed by atoms with Crippen molar-refractivity contribution in [3.05, 3.63) is 47.8 Å². The first kappa shape index (κ1) is 12.0. The molecule has 0 bridgehead atoms. The molecule has 0 spiro atoms. The number of rotatable bonds is 3. The molecule has 0 radical (unpaired) electrons. The molecule has 1 unspecified atom stereocenters. The van der Waals surface area contributed by atoms with Crippen molar-refractivity contribution in [3.63, 3.8) is 0 Å². The molecule has 3 rings (SSSR count). The van der Waals surface area contributed by atoms with Crippen molar-refractivity contribution < 1.29 is 9.53 Å². The molecule has 0 aliphatic carbocycles. The van der Waals surface area contributed by atoms with Crippen LogP contribution in [0.3, 0.4) is 0 Å². The largest absolute Gasteiger partial charge is 0.493 e. The van der Waals surface area contributed by atoms with E-state index in [1.807, 2.05) is 37.5 Å². The van der Waals surface area contributed by atoms with Crippen LogP contribution in [0.2, 0.25) is 0 Å². The molecule has 1 aliphatic heterocycles. The van der Waals surface area contributed by atoms with Crippen molar-refractivity contribution in [3.8, 4) is 5.75 Å². The number of aryl methyl sites for hydroxylation is 1. The minimum absolute atomic E-state index is 0.0462. The van der Waals surface area contributed by atoms with Crippen LogP contribution in [-0.2, 0) is 24.7 Å². The number of para-hydroxylation sites is 1. The Labute approximate surface area is 112 Å². The lowest BCUT2D eigenvalue weighted by Gasteiger charge is -2.24. The molecule has 0 fully saturated rings. The van der Waals surface area contributed by atoms with E-state index in [1.165, 1.54) is 0 Å². The van der Waals surface area contributed by atoms with E-state index in [0.29, 0.717) is 13.0 Å². The lowest BCUT2D eigenvalue weighted by Crippen LogP contribution is -2.29. The molecule has 0 amide bonds. The van der Waals surface area contributed by atoms with Gasteiger partial charge >= 0.3 is 0 Å². The number of aromatic nitrogens is 2. The summed E-state index contributed by atoms with van der Waals surface area (Å²) in [6.45, 7) is 0.482. The summed E-state index contributed by atoms with van der Waals surface area (Å²) >= 11 is 0. The van der Waals surface area contributed by atoms with Crippen molar-refractivity contribution >= 4 is 5.78 Å². The number of fused-ring (bicyclic) bond motifs is 1. The van der Waals surface area contributed by atoms with Crippen LogP contribution in [0.5, 0.6) is 5.75 Å². The standard InChI is InChI=1S/C15H16N2O2/c1-17-9-11(8-16-17)6-14(18)13-7-12-4-2-3-5-15(12)19-10-13/h2-5,8-9,13H,6-7,10H2,1H3. The highest BCUT2D eigenvalue weighted by atomic mass is 16.5. The second-order valence-corrected chi connectivity index (χ2v) is 4.99. The quantitative estimate of drug-likeness (QED) is 0.841. The molecule has 4 heteroatoms. The van der Waals surface area contributed by atoms with Crippen molar-refractivity contribution in [2.75, 3.05) is 6.61 Å². The van der Waals surface area contributed by atoms with Crippen LogP contribution in [-0.4, -0.2) is 22.2 Å². The monoisotopic (exact) mass is 256 g/mol. The van der Waals surface area contributed by atoms with E-state index >= 15 is 0 Å². The maximum Gasteiger partial charge on any atom is 0.144 e. The van der Waals surface area contributed by atoms with Crippen molar-refractivity contribution in [1.82, 2.24) is 9.78 Å². The number of nitrogens with zero attached hydrogens (tertiary/aromatic N) is 2. The average molecular weight is 256 g/mol. The second kappa shape index (κ2) is 4.88. The van der Waals surface area contributed by atoms with Gasteiger partial charge in [0.2, 0.25) is 0 Å². The van der Waals surface area contributed by atoms with Gasteiger partial charge < -0.3 is 4.74 Å². The van der Waals surface area contributed by atoms with E-state index < -0.39 is 0 Å². The van der Waals surface area contributed by atoms with Gasteiger partial charge in [0.1, 0.15) is 11.5 Å². The first-order valence-electron chi connectivity index (χ1n) is 6.43. The molecular weight excluding hydrogens is 240 g/mol. The summed E-state index contributed by atoms with van der Waals surface area (Å²) < 4.78 is 7.38. The van der Waals surface area contributed by atoms with Gasteiger partial charge in [0, 0.05) is 19.7 Å². The summed E-state index contributed by atoms with van der Waals surface area (Å²) in [5, 5.41) is 4.08. The predicted octanol–water partition coefficient (Wildman–Crippen LogP) is 1.78. The molecular formula is C15H16N2O2. The molecule has 0 saturated heterocycles. The fourth-order valence-electron chi connectivity index (χ4n) is 2.44. The number of hydrogen-bond donors (Lipinski definition) is 0. The van der Waals surface area contributed by atoms with E-state index in [1.54, 1.807) is 10.9 Å². The molecule has 1 aromatic carbocycles. The first-order valence-corrected chi connectivity index (χ1v) is 6.43. The van der Waals surface area contributed by atoms with Gasteiger partial charge in [-0.1, -0.05) is 18.2 Å². The van der Waals surface area contributed by atoms with Gasteiger partial charge in [-0.3, -0.25) is 9.48 Å². The van der Waals surface area contributed by atoms with Crippen LogP contribution in [0.15, 0.2) is 36.7 Å². The number of hydrogen-bond acceptors (Lipinski definition) is 3. The van der Waals surface area contributed by atoms with Crippen LogP contribution < -0.4 is 4.74 Å². The highest BCUT2D eigenvalue weighted by Gasteiger charge is 2.25. The number of ketones is 1. The van der Waals surface area contributed by atoms with Crippen LogP contribution >= 0.6 is 0 Å². The van der Waals surface area contributed by atoms with E-state index in [0.717, 1.165) is 23.3 Å². The van der Waals surface area contributed by atoms with E-state index in [2.05, 4.69) is 5.10 Å². The third-order valence-electron chi connectivity index (χ3n) is 3.47. The van der Waals surface area contributed by atoms with Gasteiger partial charge in [-0.15, -0.1) is 0 Å².